The van der Waals surface area contributed by atoms with Gasteiger partial charge in [0.05, 0.1) is 42.8 Å². The molecule has 0 radical (unpaired) electrons. The molecule has 12 nitrogen and oxygen atoms in total. The molecule has 0 aliphatic carbocycles. The fourth-order valence-corrected chi connectivity index (χ4v) is 4.64. The lowest BCUT2D eigenvalue weighted by atomic mass is 9.80. The zero-order valence-corrected chi connectivity index (χ0v) is 24.2. The van der Waals surface area contributed by atoms with Crippen LogP contribution in [0, 0.1) is 10.1 Å². The van der Waals surface area contributed by atoms with Gasteiger partial charge in [0.1, 0.15) is 24.2 Å². The topological polar surface area (TPSA) is 158 Å². The van der Waals surface area contributed by atoms with Crippen molar-refractivity contribution < 1.29 is 38.6 Å². The molecule has 0 spiro atoms. The highest BCUT2D eigenvalue weighted by Crippen LogP contribution is 2.44. The standard InChI is InChI=1S/C30H37N3O9/c1-19-26(29(35)39-3)28(27(20(2)32-19)30(36)40-4)24-16-21(33(37)38)12-13-25(24)41-15-9-8-14-31-17-22(34)18-42-23-10-6-5-7-11-23/h5-7,10-13,16,22,28,31-32,34H,8-9,14-15,17-18H2,1-4H3/t22-/m1/s1. The molecule has 0 amide bonds. The van der Waals surface area contributed by atoms with Crippen molar-refractivity contribution in [2.75, 3.05) is 40.5 Å². The van der Waals surface area contributed by atoms with E-state index in [-0.39, 0.29) is 41.4 Å². The van der Waals surface area contributed by atoms with Crippen LogP contribution in [0.25, 0.3) is 0 Å². The second-order valence-corrected chi connectivity index (χ2v) is 9.64. The van der Waals surface area contributed by atoms with Crippen LogP contribution < -0.4 is 20.1 Å². The van der Waals surface area contributed by atoms with Gasteiger partial charge in [-0.05, 0) is 51.4 Å². The third-order valence-corrected chi connectivity index (χ3v) is 6.66. The lowest BCUT2D eigenvalue weighted by Gasteiger charge is -2.30. The second kappa shape index (κ2) is 15.5. The Morgan fingerprint density at radius 2 is 1.64 bits per heavy atom. The Kier molecular flexibility index (Phi) is 11.9. The van der Waals surface area contributed by atoms with Crippen LogP contribution in [0.15, 0.2) is 71.1 Å². The minimum Gasteiger partial charge on any atom is -0.493 e. The number of dihydropyridines is 1. The van der Waals surface area contributed by atoms with E-state index in [1.807, 2.05) is 30.3 Å². The zero-order chi connectivity index (χ0) is 30.6. The van der Waals surface area contributed by atoms with Crippen molar-refractivity contribution in [3.8, 4) is 11.5 Å². The maximum Gasteiger partial charge on any atom is 0.336 e. The van der Waals surface area contributed by atoms with Crippen LogP contribution >= 0.6 is 0 Å². The van der Waals surface area contributed by atoms with E-state index in [1.165, 1.54) is 32.4 Å². The first kappa shape index (κ1) is 32.1. The van der Waals surface area contributed by atoms with Crippen molar-refractivity contribution in [3.05, 3.63) is 86.7 Å². The molecule has 0 saturated heterocycles. The number of nitro benzene ring substituents is 1. The van der Waals surface area contributed by atoms with Crippen LogP contribution in [0.5, 0.6) is 11.5 Å². The predicted octanol–water partition coefficient (Wildman–Crippen LogP) is 3.36. The monoisotopic (exact) mass is 583 g/mol. The van der Waals surface area contributed by atoms with Crippen LogP contribution in [0.2, 0.25) is 0 Å². The molecule has 3 rings (SSSR count). The van der Waals surface area contributed by atoms with Crippen LogP contribution in [-0.4, -0.2) is 68.6 Å². The maximum atomic E-state index is 12.9. The number of methoxy groups -OCH3 is 2. The van der Waals surface area contributed by atoms with Gasteiger partial charge < -0.3 is 34.7 Å². The van der Waals surface area contributed by atoms with E-state index in [2.05, 4.69) is 10.6 Å². The van der Waals surface area contributed by atoms with Gasteiger partial charge in [-0.3, -0.25) is 10.1 Å². The largest absolute Gasteiger partial charge is 0.493 e. The summed E-state index contributed by atoms with van der Waals surface area (Å²) in [5.74, 6) is -1.44. The van der Waals surface area contributed by atoms with Crippen molar-refractivity contribution in [2.24, 2.45) is 0 Å². The maximum absolute atomic E-state index is 12.9. The van der Waals surface area contributed by atoms with Gasteiger partial charge in [0.2, 0.25) is 0 Å². The Balaban J connectivity index is 1.68. The first-order chi connectivity index (χ1) is 20.2. The molecule has 0 bridgehead atoms. The van der Waals surface area contributed by atoms with E-state index in [0.717, 1.165) is 6.42 Å². The lowest BCUT2D eigenvalue weighted by Crippen LogP contribution is -2.32. The average Bonchev–Trinajstić information content (AvgIpc) is 2.99. The summed E-state index contributed by atoms with van der Waals surface area (Å²) in [4.78, 5) is 36.8. The van der Waals surface area contributed by atoms with Gasteiger partial charge in [0.25, 0.3) is 5.69 Å². The number of non-ortho nitro benzene ring substituents is 1. The number of hydrogen-bond donors (Lipinski definition) is 3. The molecule has 1 heterocycles. The van der Waals surface area contributed by atoms with E-state index in [9.17, 15) is 24.8 Å². The molecule has 3 N–H and O–H groups in total. The number of ether oxygens (including phenoxy) is 4. The summed E-state index contributed by atoms with van der Waals surface area (Å²) in [5, 5.41) is 28.0. The number of unbranched alkanes of at least 4 members (excludes halogenated alkanes) is 1. The number of rotatable bonds is 15. The number of carbonyl (C=O) groups is 2. The molecule has 2 aromatic rings. The van der Waals surface area contributed by atoms with Crippen LogP contribution in [-0.2, 0) is 19.1 Å². The molecule has 0 fully saturated rings. The third kappa shape index (κ3) is 8.30. The fraction of sp³-hybridized carbons (Fsp3) is 0.400. The van der Waals surface area contributed by atoms with E-state index in [1.54, 1.807) is 13.8 Å². The molecule has 2 aromatic carbocycles. The molecule has 42 heavy (non-hydrogen) atoms. The summed E-state index contributed by atoms with van der Waals surface area (Å²) in [6, 6.07) is 13.3. The molecule has 226 valence electrons. The number of carbonyl (C=O) groups excluding carboxylic acids is 2. The van der Waals surface area contributed by atoms with Gasteiger partial charge in [-0.25, -0.2) is 9.59 Å². The summed E-state index contributed by atoms with van der Waals surface area (Å²) >= 11 is 0. The summed E-state index contributed by atoms with van der Waals surface area (Å²) in [6.45, 7) is 4.74. The van der Waals surface area contributed by atoms with Crippen LogP contribution in [0.4, 0.5) is 5.69 Å². The quantitative estimate of drug-likeness (QED) is 0.122. The zero-order valence-electron chi connectivity index (χ0n) is 24.2. The Hall–Kier alpha value is -4.42. The number of para-hydroxylation sites is 1. The van der Waals surface area contributed by atoms with Crippen molar-refractivity contribution >= 4 is 17.6 Å². The van der Waals surface area contributed by atoms with Gasteiger partial charge in [-0.1, -0.05) is 18.2 Å². The summed E-state index contributed by atoms with van der Waals surface area (Å²) in [5.41, 5.74) is 1.16. The first-order valence-electron chi connectivity index (χ1n) is 13.5. The van der Waals surface area contributed by atoms with Crippen molar-refractivity contribution in [3.63, 3.8) is 0 Å². The van der Waals surface area contributed by atoms with E-state index < -0.39 is 28.9 Å². The first-order valence-corrected chi connectivity index (χ1v) is 13.5. The minimum atomic E-state index is -1.03. The van der Waals surface area contributed by atoms with Crippen molar-refractivity contribution in [1.82, 2.24) is 10.6 Å². The highest BCUT2D eigenvalue weighted by molar-refractivity contribution is 6.00. The number of aliphatic hydroxyl groups is 1. The van der Waals surface area contributed by atoms with Gasteiger partial charge in [-0.2, -0.15) is 0 Å². The lowest BCUT2D eigenvalue weighted by molar-refractivity contribution is -0.384. The van der Waals surface area contributed by atoms with Gasteiger partial charge in [-0.15, -0.1) is 0 Å². The third-order valence-electron chi connectivity index (χ3n) is 6.66. The SMILES string of the molecule is COC(=O)C1=C(C)NC(C)=C(C(=O)OC)C1c1cc([N+](=O)[O-])ccc1OCCCCNC[C@@H](O)COc1ccccc1. The Bertz CT molecular complexity index is 1290. The van der Waals surface area contributed by atoms with Crippen molar-refractivity contribution in [1.29, 1.82) is 0 Å². The molecule has 1 aliphatic heterocycles. The molecule has 1 atom stereocenters. The Morgan fingerprint density at radius 1 is 1.00 bits per heavy atom. The number of allylic oxidation sites excluding steroid dienone is 2. The number of benzene rings is 2. The number of esters is 2. The highest BCUT2D eigenvalue weighted by Gasteiger charge is 2.39. The smallest absolute Gasteiger partial charge is 0.336 e. The normalized spacial score (nSPS) is 14.2. The number of aliphatic hydroxyl groups excluding tert-OH is 1. The molecular weight excluding hydrogens is 546 g/mol. The van der Waals surface area contributed by atoms with E-state index in [4.69, 9.17) is 18.9 Å². The average molecular weight is 584 g/mol. The molecule has 0 aromatic heterocycles. The molecular formula is C30H37N3O9. The van der Waals surface area contributed by atoms with E-state index in [0.29, 0.717) is 36.7 Å². The molecule has 1 aliphatic rings. The van der Waals surface area contributed by atoms with Crippen LogP contribution in [0.3, 0.4) is 0 Å². The van der Waals surface area contributed by atoms with Crippen molar-refractivity contribution in [2.45, 2.75) is 38.7 Å². The number of hydrogen-bond acceptors (Lipinski definition) is 11. The van der Waals surface area contributed by atoms with Gasteiger partial charge in [0.15, 0.2) is 0 Å². The molecule has 12 heteroatoms. The van der Waals surface area contributed by atoms with E-state index >= 15 is 0 Å². The number of nitrogens with zero attached hydrogens (tertiary/aromatic N) is 1. The highest BCUT2D eigenvalue weighted by atomic mass is 16.6. The minimum absolute atomic E-state index is 0.118. The fourth-order valence-electron chi connectivity index (χ4n) is 4.64. The van der Waals surface area contributed by atoms with Crippen LogP contribution in [0.1, 0.15) is 38.2 Å². The summed E-state index contributed by atoms with van der Waals surface area (Å²) in [6.07, 6.45) is 0.681. The summed E-state index contributed by atoms with van der Waals surface area (Å²) in [7, 11) is 2.44. The van der Waals surface area contributed by atoms with Gasteiger partial charge in [0, 0.05) is 35.6 Å². The number of nitrogens with one attached hydrogen (secondary N) is 2. The molecule has 0 unspecified atom stereocenters. The number of nitro groups is 1. The second-order valence-electron chi connectivity index (χ2n) is 9.64. The van der Waals surface area contributed by atoms with Gasteiger partial charge >= 0.3 is 11.9 Å². The molecule has 0 saturated carbocycles. The summed E-state index contributed by atoms with van der Waals surface area (Å²) < 4.78 is 21.6. The Morgan fingerprint density at radius 3 is 2.24 bits per heavy atom. The Labute approximate surface area is 244 Å². The predicted molar refractivity (Wildman–Crippen MR) is 154 cm³/mol.